The number of amides is 4. The number of carbonyl (C=O) groups excluding carboxylic acids is 5. The number of anilines is 3. The lowest BCUT2D eigenvalue weighted by molar-refractivity contribution is -0.178. The number of hydrogen-bond donors (Lipinski definition) is 3. The van der Waals surface area contributed by atoms with E-state index in [2.05, 4.69) is 15.5 Å². The topological polar surface area (TPSA) is 176 Å². The van der Waals surface area contributed by atoms with E-state index in [1.165, 1.54) is 7.11 Å². The van der Waals surface area contributed by atoms with Gasteiger partial charge in [-0.25, -0.2) is 14.5 Å². The number of imide groups is 1. The smallest absolute Gasteiger partial charge is 0.329 e. The minimum atomic E-state index is -2.06. The van der Waals surface area contributed by atoms with E-state index >= 15 is 14.4 Å². The summed E-state index contributed by atoms with van der Waals surface area (Å²) < 4.78 is 23.4. The molecule has 3 saturated heterocycles. The van der Waals surface area contributed by atoms with E-state index < -0.39 is 77.3 Å². The number of aliphatic hydroxyl groups is 1. The third kappa shape index (κ3) is 7.96. The number of fused-ring (bicyclic) bond motifs is 3. The molecule has 0 aromatic heterocycles. The van der Waals surface area contributed by atoms with Crippen molar-refractivity contribution in [2.45, 2.75) is 49.5 Å². The maximum atomic E-state index is 16.5. The van der Waals surface area contributed by atoms with Gasteiger partial charge < -0.3 is 39.6 Å². The highest BCUT2D eigenvalue weighted by Crippen LogP contribution is 2.66. The molecule has 3 N–H and O–H groups in total. The Kier molecular flexibility index (Phi) is 12.8. The van der Waals surface area contributed by atoms with Crippen LogP contribution in [0.1, 0.15) is 54.3 Å². The molecule has 67 heavy (non-hydrogen) atoms. The van der Waals surface area contributed by atoms with Crippen LogP contribution in [0, 0.1) is 11.8 Å². The molecule has 4 aliphatic heterocycles. The summed E-state index contributed by atoms with van der Waals surface area (Å²) in [6.07, 6.45) is -0.940. The van der Waals surface area contributed by atoms with Gasteiger partial charge >= 0.3 is 18.0 Å². The lowest BCUT2D eigenvalue weighted by Gasteiger charge is -2.46. The zero-order valence-electron chi connectivity index (χ0n) is 37.4. The number of benzene rings is 5. The number of nitrogens with one attached hydrogen (secondary N) is 2. The molecule has 1 spiro atoms. The third-order valence-corrected chi connectivity index (χ3v) is 13.3. The first-order valence-corrected chi connectivity index (χ1v) is 22.6. The van der Waals surface area contributed by atoms with E-state index in [0.29, 0.717) is 54.4 Å². The van der Waals surface area contributed by atoms with Gasteiger partial charge in [0.1, 0.15) is 36.0 Å². The molecule has 4 heterocycles. The molecule has 0 unspecified atom stereocenters. The molecular weight excluding hydrogens is 855 g/mol. The fourth-order valence-electron chi connectivity index (χ4n) is 10.4. The first kappa shape index (κ1) is 45.1. The molecule has 0 bridgehead atoms. The van der Waals surface area contributed by atoms with Gasteiger partial charge in [0.2, 0.25) is 11.8 Å². The van der Waals surface area contributed by atoms with Crippen LogP contribution in [0.25, 0.3) is 0 Å². The van der Waals surface area contributed by atoms with Crippen LogP contribution in [-0.2, 0) is 38.8 Å². The van der Waals surface area contributed by atoms with Crippen molar-refractivity contribution >= 4 is 46.8 Å². The predicted octanol–water partition coefficient (Wildman–Crippen LogP) is 6.11. The summed E-state index contributed by atoms with van der Waals surface area (Å²) in [4.78, 5) is 80.7. The van der Waals surface area contributed by atoms with Crippen molar-refractivity contribution in [2.75, 3.05) is 61.7 Å². The Balaban J connectivity index is 1.30. The van der Waals surface area contributed by atoms with Gasteiger partial charge in [-0.15, -0.1) is 0 Å². The first-order chi connectivity index (χ1) is 32.6. The van der Waals surface area contributed by atoms with Crippen molar-refractivity contribution in [3.05, 3.63) is 156 Å². The van der Waals surface area contributed by atoms with Crippen LogP contribution in [0.2, 0.25) is 0 Å². The van der Waals surface area contributed by atoms with Crippen molar-refractivity contribution in [1.29, 1.82) is 0 Å². The summed E-state index contributed by atoms with van der Waals surface area (Å²) in [5.74, 6) is -4.65. The molecule has 0 aliphatic carbocycles. The van der Waals surface area contributed by atoms with Gasteiger partial charge in [-0.1, -0.05) is 111 Å². The molecule has 4 amide bonds. The van der Waals surface area contributed by atoms with E-state index in [0.717, 1.165) is 16.2 Å². The van der Waals surface area contributed by atoms with Crippen LogP contribution in [-0.4, -0.2) is 98.5 Å². The zero-order valence-corrected chi connectivity index (χ0v) is 37.4. The molecule has 4 aliphatic rings. The Labute approximate surface area is 388 Å². The molecular formula is C52H53N5O10. The quantitative estimate of drug-likeness (QED) is 0.123. The molecule has 7 atom stereocenters. The number of para-hydroxylation sites is 2. The number of aliphatic hydroxyl groups excluding tert-OH is 1. The van der Waals surface area contributed by atoms with Crippen molar-refractivity contribution < 1.29 is 48.0 Å². The van der Waals surface area contributed by atoms with Gasteiger partial charge in [-0.05, 0) is 59.0 Å². The number of urea groups is 1. The number of rotatable bonds is 12. The number of methoxy groups -OCH3 is 1. The van der Waals surface area contributed by atoms with E-state index in [1.807, 2.05) is 77.7 Å². The predicted molar refractivity (Wildman–Crippen MR) is 248 cm³/mol. The molecule has 5 aromatic rings. The summed E-state index contributed by atoms with van der Waals surface area (Å²) >= 11 is 0. The van der Waals surface area contributed by atoms with Crippen LogP contribution in [0.5, 0.6) is 5.75 Å². The molecule has 15 heteroatoms. The van der Waals surface area contributed by atoms with Crippen molar-refractivity contribution in [2.24, 2.45) is 11.8 Å². The van der Waals surface area contributed by atoms with Crippen LogP contribution in [0.4, 0.5) is 21.9 Å². The highest BCUT2D eigenvalue weighted by molar-refractivity contribution is 6.25. The Hall–Kier alpha value is -7.07. The zero-order chi connectivity index (χ0) is 46.8. The SMILES string of the molecule is COC(=O)[C@@H](NC(=O)N1C(=O)[C@@]2(c3ccccc31)[C@H](C(=O)Nc1ccc(N3CCOCC3)cc1)[C@H]1C(=O)O[C@H](c3ccccc3)[C@H](c3ccccc3)N1[C@@H]2c1ccccc1OCCO)C(C)C. The third-order valence-electron chi connectivity index (χ3n) is 13.3. The monoisotopic (exact) mass is 907 g/mol. The van der Waals surface area contributed by atoms with Crippen molar-refractivity contribution in [3.63, 3.8) is 0 Å². The fraction of sp³-hybridized carbons (Fsp3) is 0.327. The average Bonchev–Trinajstić information content (AvgIpc) is 3.82. The van der Waals surface area contributed by atoms with Gasteiger partial charge in [-0.3, -0.25) is 19.3 Å². The van der Waals surface area contributed by atoms with Gasteiger partial charge in [0.05, 0.1) is 50.6 Å². The normalized spacial score (nSPS) is 23.9. The average molecular weight is 908 g/mol. The van der Waals surface area contributed by atoms with Gasteiger partial charge in [0, 0.05) is 30.0 Å². The summed E-state index contributed by atoms with van der Waals surface area (Å²) in [6.45, 7) is 5.64. The summed E-state index contributed by atoms with van der Waals surface area (Å²) in [7, 11) is 1.22. The highest BCUT2D eigenvalue weighted by Gasteiger charge is 2.76. The summed E-state index contributed by atoms with van der Waals surface area (Å²) in [6, 6.07) is 34.3. The molecule has 15 nitrogen and oxygen atoms in total. The molecule has 346 valence electrons. The molecule has 3 fully saturated rings. The lowest BCUT2D eigenvalue weighted by Crippen LogP contribution is -2.57. The van der Waals surface area contributed by atoms with Crippen molar-refractivity contribution in [1.82, 2.24) is 10.2 Å². The largest absolute Gasteiger partial charge is 0.491 e. The fourth-order valence-corrected chi connectivity index (χ4v) is 10.4. The molecule has 0 radical (unpaired) electrons. The van der Waals surface area contributed by atoms with Gasteiger partial charge in [0.25, 0.3) is 0 Å². The Bertz CT molecular complexity index is 2620. The summed E-state index contributed by atoms with van der Waals surface area (Å²) in [5, 5.41) is 15.9. The number of esters is 2. The second-order valence-corrected chi connectivity index (χ2v) is 17.4. The van der Waals surface area contributed by atoms with Crippen LogP contribution in [0.3, 0.4) is 0 Å². The Morgan fingerprint density at radius 1 is 0.806 bits per heavy atom. The number of carbonyl (C=O) groups is 5. The van der Waals surface area contributed by atoms with E-state index in [-0.39, 0.29) is 18.9 Å². The van der Waals surface area contributed by atoms with E-state index in [1.54, 1.807) is 74.5 Å². The Morgan fingerprint density at radius 3 is 2.12 bits per heavy atom. The van der Waals surface area contributed by atoms with Crippen LogP contribution >= 0.6 is 0 Å². The van der Waals surface area contributed by atoms with Crippen LogP contribution in [0.15, 0.2) is 133 Å². The second-order valence-electron chi connectivity index (χ2n) is 17.4. The number of cyclic esters (lactones) is 1. The van der Waals surface area contributed by atoms with Crippen molar-refractivity contribution in [3.8, 4) is 5.75 Å². The summed E-state index contributed by atoms with van der Waals surface area (Å²) in [5.41, 5.74) is 1.57. The van der Waals surface area contributed by atoms with Gasteiger partial charge in [-0.2, -0.15) is 0 Å². The number of ether oxygens (including phenoxy) is 4. The number of hydrogen-bond acceptors (Lipinski definition) is 12. The van der Waals surface area contributed by atoms with E-state index in [4.69, 9.17) is 18.9 Å². The molecule has 5 aromatic carbocycles. The highest BCUT2D eigenvalue weighted by atomic mass is 16.6. The van der Waals surface area contributed by atoms with Gasteiger partial charge in [0.15, 0.2) is 0 Å². The number of morpholine rings is 2. The molecule has 0 saturated carbocycles. The molecule has 9 rings (SSSR count). The minimum absolute atomic E-state index is 0.107. The maximum absolute atomic E-state index is 16.5. The lowest BCUT2D eigenvalue weighted by atomic mass is 9.65. The minimum Gasteiger partial charge on any atom is -0.491 e. The standard InChI is InChI=1S/C52H53N5O10/c1-32(2)42(48(60)64-3)54-51(63)56-39-20-12-11-19-38(39)52(50(56)62)41(47(59)53-35-22-24-36(25-23-35)55-26-29-65-30-27-55)44-49(61)67-45(34-16-8-5-9-17-34)43(33-14-6-4-7-15-33)57(44)46(52)37-18-10-13-21-40(37)66-31-28-58/h4-25,32,41-46,58H,26-31H2,1-3H3,(H,53,59)(H,54,63)/t41-,42-,43-,44-,45+,46+,52-/m0/s1. The number of nitrogens with zero attached hydrogens (tertiary/aromatic N) is 3. The maximum Gasteiger partial charge on any atom is 0.329 e. The van der Waals surface area contributed by atoms with Crippen LogP contribution < -0.4 is 25.2 Å². The first-order valence-electron chi connectivity index (χ1n) is 22.6. The second kappa shape index (κ2) is 19.0. The Morgan fingerprint density at radius 2 is 1.45 bits per heavy atom. The van der Waals surface area contributed by atoms with E-state index in [9.17, 15) is 14.7 Å².